The number of allylic oxidation sites excluding steroid dienone is 2. The lowest BCUT2D eigenvalue weighted by Gasteiger charge is -2.17. The number of rotatable bonds is 2. The number of aryl methyl sites for hydroxylation is 2. The molecule has 29 heavy (non-hydrogen) atoms. The van der Waals surface area contributed by atoms with E-state index in [0.717, 1.165) is 9.13 Å². The van der Waals surface area contributed by atoms with Crippen LogP contribution in [0.2, 0.25) is 0 Å². The molecule has 1 aliphatic rings. The first-order valence-electron chi connectivity index (χ1n) is 9.11. The predicted octanol–water partition coefficient (Wildman–Crippen LogP) is -0.299. The van der Waals surface area contributed by atoms with Crippen LogP contribution in [0.4, 0.5) is 0 Å². The van der Waals surface area contributed by atoms with Crippen molar-refractivity contribution < 1.29 is 4.79 Å². The standard InChI is InChI=1S/C20H22N4O5/c1-21-10-14(17(26)23(3)19(21)28)8-12-6-5-7-13(16(12)25)9-15-11-22(2)20(29)24(4)18(15)27/h8-11H,5-7H2,1-4H3/b12-8+,13-9+. The molecule has 2 aromatic heterocycles. The first kappa shape index (κ1) is 20.2. The Morgan fingerprint density at radius 3 is 1.45 bits per heavy atom. The van der Waals surface area contributed by atoms with Crippen LogP contribution in [0.5, 0.6) is 0 Å². The molecule has 0 unspecified atom stereocenters. The number of carbonyl (C=O) groups is 1. The fourth-order valence-electron chi connectivity index (χ4n) is 3.42. The van der Waals surface area contributed by atoms with Crippen molar-refractivity contribution in [1.29, 1.82) is 0 Å². The zero-order chi connectivity index (χ0) is 21.5. The highest BCUT2D eigenvalue weighted by Gasteiger charge is 2.22. The highest BCUT2D eigenvalue weighted by molar-refractivity contribution is 6.13. The molecule has 3 rings (SSSR count). The zero-order valence-electron chi connectivity index (χ0n) is 16.8. The molecule has 1 fully saturated rings. The summed E-state index contributed by atoms with van der Waals surface area (Å²) in [6, 6.07) is 0. The zero-order valence-corrected chi connectivity index (χ0v) is 16.8. The van der Waals surface area contributed by atoms with Gasteiger partial charge in [-0.3, -0.25) is 23.5 Å². The molecule has 0 amide bonds. The molecule has 9 nitrogen and oxygen atoms in total. The van der Waals surface area contributed by atoms with E-state index in [1.165, 1.54) is 61.9 Å². The van der Waals surface area contributed by atoms with Crippen LogP contribution >= 0.6 is 0 Å². The van der Waals surface area contributed by atoms with Crippen molar-refractivity contribution in [3.05, 3.63) is 76.3 Å². The minimum atomic E-state index is -0.476. The maximum absolute atomic E-state index is 12.9. The molecule has 0 spiro atoms. The number of Topliss-reactive ketones (excluding diaryl/α,β-unsaturated/α-hetero) is 1. The smallest absolute Gasteiger partial charge is 0.303 e. The molecule has 1 aliphatic carbocycles. The van der Waals surface area contributed by atoms with Gasteiger partial charge in [-0.2, -0.15) is 0 Å². The Bertz CT molecular complexity index is 1210. The Hall–Kier alpha value is -3.49. The molecular formula is C20H22N4O5. The van der Waals surface area contributed by atoms with E-state index < -0.39 is 22.5 Å². The number of hydrogen-bond acceptors (Lipinski definition) is 5. The monoisotopic (exact) mass is 398 g/mol. The van der Waals surface area contributed by atoms with E-state index >= 15 is 0 Å². The van der Waals surface area contributed by atoms with Gasteiger partial charge in [0.15, 0.2) is 5.78 Å². The molecule has 2 heterocycles. The number of hydrogen-bond donors (Lipinski definition) is 0. The topological polar surface area (TPSA) is 105 Å². The van der Waals surface area contributed by atoms with Crippen LogP contribution in [0, 0.1) is 0 Å². The van der Waals surface area contributed by atoms with Gasteiger partial charge in [-0.1, -0.05) is 0 Å². The van der Waals surface area contributed by atoms with Crippen molar-refractivity contribution in [3.8, 4) is 0 Å². The third-order valence-electron chi connectivity index (χ3n) is 5.08. The molecule has 1 saturated carbocycles. The van der Waals surface area contributed by atoms with E-state index in [4.69, 9.17) is 0 Å². The van der Waals surface area contributed by atoms with Crippen LogP contribution in [0.3, 0.4) is 0 Å². The van der Waals surface area contributed by atoms with E-state index in [1.807, 2.05) is 0 Å². The van der Waals surface area contributed by atoms with Crippen molar-refractivity contribution in [2.45, 2.75) is 19.3 Å². The number of nitrogens with zero attached hydrogens (tertiary/aromatic N) is 4. The Kier molecular flexibility index (Phi) is 5.23. The van der Waals surface area contributed by atoms with Crippen molar-refractivity contribution in [1.82, 2.24) is 18.3 Å². The predicted molar refractivity (Wildman–Crippen MR) is 109 cm³/mol. The van der Waals surface area contributed by atoms with Gasteiger partial charge in [0.2, 0.25) is 0 Å². The van der Waals surface area contributed by atoms with Crippen LogP contribution in [0.1, 0.15) is 30.4 Å². The average molecular weight is 398 g/mol. The minimum Gasteiger partial charge on any atom is -0.303 e. The molecule has 0 atom stereocenters. The first-order chi connectivity index (χ1) is 13.6. The highest BCUT2D eigenvalue weighted by Crippen LogP contribution is 2.27. The largest absolute Gasteiger partial charge is 0.330 e. The molecule has 152 valence electrons. The molecule has 2 aromatic rings. The number of carbonyl (C=O) groups excluding carboxylic acids is 1. The van der Waals surface area contributed by atoms with Gasteiger partial charge in [-0.05, 0) is 31.4 Å². The van der Waals surface area contributed by atoms with Crippen LogP contribution in [0.15, 0.2) is 42.7 Å². The lowest BCUT2D eigenvalue weighted by molar-refractivity contribution is -0.112. The summed E-state index contributed by atoms with van der Waals surface area (Å²) in [7, 11) is 5.84. The maximum atomic E-state index is 12.9. The van der Waals surface area contributed by atoms with Gasteiger partial charge in [-0.25, -0.2) is 9.59 Å². The Labute approximate surface area is 165 Å². The van der Waals surface area contributed by atoms with Gasteiger partial charge in [0.1, 0.15) is 0 Å². The third-order valence-corrected chi connectivity index (χ3v) is 5.08. The van der Waals surface area contributed by atoms with Gasteiger partial charge >= 0.3 is 11.4 Å². The van der Waals surface area contributed by atoms with E-state index in [-0.39, 0.29) is 16.9 Å². The SMILES string of the molecule is Cn1cc(/C=C2\CCC/C(=C\c3cn(C)c(=O)n(C)c3=O)C2=O)c(=O)n(C)c1=O. The summed E-state index contributed by atoms with van der Waals surface area (Å²) in [5, 5.41) is 0. The molecule has 0 saturated heterocycles. The normalized spacial score (nSPS) is 17.3. The van der Waals surface area contributed by atoms with E-state index in [1.54, 1.807) is 0 Å². The Morgan fingerprint density at radius 1 is 0.690 bits per heavy atom. The summed E-state index contributed by atoms with van der Waals surface area (Å²) >= 11 is 0. The first-order valence-corrected chi connectivity index (χ1v) is 9.11. The van der Waals surface area contributed by atoms with E-state index in [9.17, 15) is 24.0 Å². The molecule has 9 heteroatoms. The van der Waals surface area contributed by atoms with Crippen LogP contribution < -0.4 is 22.5 Å². The summed E-state index contributed by atoms with van der Waals surface area (Å²) in [4.78, 5) is 61.3. The second kappa shape index (κ2) is 7.50. The summed E-state index contributed by atoms with van der Waals surface area (Å²) < 4.78 is 4.55. The molecule has 0 aliphatic heterocycles. The summed E-state index contributed by atoms with van der Waals surface area (Å²) in [6.45, 7) is 0. The Balaban J connectivity index is 2.07. The van der Waals surface area contributed by atoms with Crippen molar-refractivity contribution >= 4 is 17.9 Å². The molecule has 0 N–H and O–H groups in total. The van der Waals surface area contributed by atoms with Crippen LogP contribution in [0.25, 0.3) is 12.2 Å². The van der Waals surface area contributed by atoms with Gasteiger partial charge in [0, 0.05) is 51.7 Å². The fraction of sp³-hybridized carbons (Fsp3) is 0.350. The minimum absolute atomic E-state index is 0.247. The number of ketones is 1. The molecule has 0 radical (unpaired) electrons. The van der Waals surface area contributed by atoms with Crippen molar-refractivity contribution in [2.24, 2.45) is 28.2 Å². The van der Waals surface area contributed by atoms with Crippen molar-refractivity contribution in [3.63, 3.8) is 0 Å². The Morgan fingerprint density at radius 2 is 1.07 bits per heavy atom. The van der Waals surface area contributed by atoms with Crippen LogP contribution in [-0.2, 0) is 33.0 Å². The van der Waals surface area contributed by atoms with Crippen molar-refractivity contribution in [2.75, 3.05) is 0 Å². The molecule has 0 bridgehead atoms. The number of aromatic nitrogens is 4. The quantitative estimate of drug-likeness (QED) is 0.646. The molecular weight excluding hydrogens is 376 g/mol. The fourth-order valence-corrected chi connectivity index (χ4v) is 3.42. The van der Waals surface area contributed by atoms with E-state index in [0.29, 0.717) is 30.4 Å². The lowest BCUT2D eigenvalue weighted by atomic mass is 9.87. The van der Waals surface area contributed by atoms with Gasteiger partial charge in [0.05, 0.1) is 11.1 Å². The lowest BCUT2D eigenvalue weighted by Crippen LogP contribution is -2.37. The van der Waals surface area contributed by atoms with Gasteiger partial charge in [-0.15, -0.1) is 0 Å². The summed E-state index contributed by atoms with van der Waals surface area (Å²) in [5.74, 6) is -0.247. The van der Waals surface area contributed by atoms with E-state index in [2.05, 4.69) is 0 Å². The van der Waals surface area contributed by atoms with Gasteiger partial charge < -0.3 is 9.13 Å². The maximum Gasteiger partial charge on any atom is 0.330 e. The second-order valence-corrected chi connectivity index (χ2v) is 7.21. The third kappa shape index (κ3) is 3.63. The highest BCUT2D eigenvalue weighted by atomic mass is 16.2. The molecule has 0 aromatic carbocycles. The summed E-state index contributed by atoms with van der Waals surface area (Å²) in [5.41, 5.74) is -0.460. The van der Waals surface area contributed by atoms with Gasteiger partial charge in [0.25, 0.3) is 11.1 Å². The average Bonchev–Trinajstić information content (AvgIpc) is 2.69. The van der Waals surface area contributed by atoms with Crippen LogP contribution in [-0.4, -0.2) is 24.1 Å². The second-order valence-electron chi connectivity index (χ2n) is 7.21. The summed E-state index contributed by atoms with van der Waals surface area (Å²) in [6.07, 6.45) is 7.51.